The lowest BCUT2D eigenvalue weighted by molar-refractivity contribution is 0.462. The van der Waals surface area contributed by atoms with Crippen LogP contribution in [-0.4, -0.2) is 49.0 Å². The molecule has 0 aliphatic carbocycles. The molecular weight excluding hydrogens is 466 g/mol. The van der Waals surface area contributed by atoms with E-state index in [0.29, 0.717) is 45.8 Å². The highest BCUT2D eigenvalue weighted by Gasteiger charge is 2.18. The molecule has 0 saturated carbocycles. The fourth-order valence-corrected chi connectivity index (χ4v) is 4.05. The van der Waals surface area contributed by atoms with Crippen LogP contribution in [0.1, 0.15) is 11.4 Å². The molecule has 0 saturated heterocycles. The average molecular weight is 488 g/mol. The van der Waals surface area contributed by atoms with Crippen molar-refractivity contribution < 1.29 is 4.42 Å². The SMILES string of the molecule is CN(C)c1nc(N)nc(CSc2nnc(-c3nn(Cc4ccccc4)c(=O)c4ccccc34)o2)n1. The van der Waals surface area contributed by atoms with Gasteiger partial charge in [0.1, 0.15) is 5.82 Å². The van der Waals surface area contributed by atoms with E-state index in [-0.39, 0.29) is 17.4 Å². The van der Waals surface area contributed by atoms with Crippen molar-refractivity contribution in [3.63, 3.8) is 0 Å². The lowest BCUT2D eigenvalue weighted by Crippen LogP contribution is -2.24. The van der Waals surface area contributed by atoms with E-state index in [1.54, 1.807) is 11.0 Å². The summed E-state index contributed by atoms with van der Waals surface area (Å²) < 4.78 is 7.32. The third-order valence-corrected chi connectivity index (χ3v) is 5.88. The molecule has 0 radical (unpaired) electrons. The van der Waals surface area contributed by atoms with Gasteiger partial charge in [-0.15, -0.1) is 10.2 Å². The van der Waals surface area contributed by atoms with E-state index < -0.39 is 0 Å². The second kappa shape index (κ2) is 9.50. The van der Waals surface area contributed by atoms with Crippen LogP contribution in [0.2, 0.25) is 0 Å². The van der Waals surface area contributed by atoms with E-state index in [1.165, 1.54) is 16.4 Å². The fourth-order valence-electron chi connectivity index (χ4n) is 3.44. The van der Waals surface area contributed by atoms with Crippen LogP contribution >= 0.6 is 11.8 Å². The van der Waals surface area contributed by atoms with Gasteiger partial charge in [-0.2, -0.15) is 20.1 Å². The summed E-state index contributed by atoms with van der Waals surface area (Å²) in [7, 11) is 3.65. The number of anilines is 2. The molecule has 0 atom stereocenters. The summed E-state index contributed by atoms with van der Waals surface area (Å²) in [6.07, 6.45) is 0. The molecule has 0 spiro atoms. The summed E-state index contributed by atoms with van der Waals surface area (Å²) in [6, 6.07) is 16.9. The Hall–Kier alpha value is -4.32. The number of fused-ring (bicyclic) bond motifs is 1. The van der Waals surface area contributed by atoms with E-state index in [9.17, 15) is 4.79 Å². The molecule has 176 valence electrons. The van der Waals surface area contributed by atoms with Crippen LogP contribution in [0.5, 0.6) is 0 Å². The highest BCUT2D eigenvalue weighted by Crippen LogP contribution is 2.28. The first kappa shape index (κ1) is 22.5. The van der Waals surface area contributed by atoms with Gasteiger partial charge in [0.25, 0.3) is 16.7 Å². The summed E-state index contributed by atoms with van der Waals surface area (Å²) in [5.41, 5.74) is 7.00. The maximum atomic E-state index is 13.1. The maximum absolute atomic E-state index is 13.1. The van der Waals surface area contributed by atoms with Crippen LogP contribution in [0.3, 0.4) is 0 Å². The number of hydrogen-bond acceptors (Lipinski definition) is 11. The van der Waals surface area contributed by atoms with Gasteiger partial charge in [-0.05, 0) is 11.6 Å². The number of benzene rings is 2. The molecule has 3 heterocycles. The van der Waals surface area contributed by atoms with Crippen LogP contribution in [0.4, 0.5) is 11.9 Å². The first-order chi connectivity index (χ1) is 17.0. The zero-order valence-electron chi connectivity index (χ0n) is 19.0. The zero-order chi connectivity index (χ0) is 24.4. The van der Waals surface area contributed by atoms with Gasteiger partial charge < -0.3 is 15.1 Å². The van der Waals surface area contributed by atoms with Gasteiger partial charge in [-0.1, -0.05) is 60.3 Å². The monoisotopic (exact) mass is 487 g/mol. The first-order valence-corrected chi connectivity index (χ1v) is 11.6. The molecule has 35 heavy (non-hydrogen) atoms. The van der Waals surface area contributed by atoms with Gasteiger partial charge in [0.2, 0.25) is 11.9 Å². The topological polar surface area (TPSA) is 142 Å². The van der Waals surface area contributed by atoms with Gasteiger partial charge in [0.05, 0.1) is 17.7 Å². The quantitative estimate of drug-likeness (QED) is 0.338. The first-order valence-electron chi connectivity index (χ1n) is 10.7. The smallest absolute Gasteiger partial charge is 0.277 e. The minimum Gasteiger partial charge on any atom is -0.409 e. The molecule has 2 aromatic carbocycles. The predicted octanol–water partition coefficient (Wildman–Crippen LogP) is 2.62. The Labute approximate surface area is 204 Å². The van der Waals surface area contributed by atoms with Crippen molar-refractivity contribution in [3.8, 4) is 11.6 Å². The van der Waals surface area contributed by atoms with Gasteiger partial charge in [-0.25, -0.2) is 4.68 Å². The second-order valence-electron chi connectivity index (χ2n) is 7.81. The van der Waals surface area contributed by atoms with Crippen LogP contribution in [0.15, 0.2) is 69.0 Å². The van der Waals surface area contributed by atoms with Crippen molar-refractivity contribution in [2.75, 3.05) is 24.7 Å². The van der Waals surface area contributed by atoms with Crippen molar-refractivity contribution in [2.45, 2.75) is 17.5 Å². The van der Waals surface area contributed by atoms with Gasteiger partial charge >= 0.3 is 0 Å². The highest BCUT2D eigenvalue weighted by molar-refractivity contribution is 7.98. The van der Waals surface area contributed by atoms with E-state index in [0.717, 1.165) is 5.56 Å². The number of nitrogens with two attached hydrogens (primary N) is 1. The summed E-state index contributed by atoms with van der Waals surface area (Å²) >= 11 is 1.27. The van der Waals surface area contributed by atoms with E-state index in [2.05, 4.69) is 30.2 Å². The second-order valence-corrected chi connectivity index (χ2v) is 8.74. The average Bonchev–Trinajstić information content (AvgIpc) is 3.34. The summed E-state index contributed by atoms with van der Waals surface area (Å²) in [6.45, 7) is 0.322. The molecule has 5 aromatic rings. The Balaban J connectivity index is 1.46. The Morgan fingerprint density at radius 3 is 2.49 bits per heavy atom. The predicted molar refractivity (Wildman–Crippen MR) is 133 cm³/mol. The molecular formula is C23H21N9O2S. The van der Waals surface area contributed by atoms with E-state index >= 15 is 0 Å². The zero-order valence-corrected chi connectivity index (χ0v) is 19.8. The van der Waals surface area contributed by atoms with Crippen molar-refractivity contribution in [3.05, 3.63) is 76.3 Å². The number of nitrogens with zero attached hydrogens (tertiary/aromatic N) is 8. The molecule has 0 fully saturated rings. The number of hydrogen-bond donors (Lipinski definition) is 1. The fraction of sp³-hybridized carbons (Fsp3) is 0.174. The van der Waals surface area contributed by atoms with Crippen molar-refractivity contribution in [1.29, 1.82) is 0 Å². The van der Waals surface area contributed by atoms with Crippen LogP contribution in [0, 0.1) is 0 Å². The molecule has 0 aliphatic heterocycles. The largest absolute Gasteiger partial charge is 0.409 e. The lowest BCUT2D eigenvalue weighted by Gasteiger charge is -2.10. The minimum atomic E-state index is -0.188. The molecule has 5 rings (SSSR count). The van der Waals surface area contributed by atoms with Crippen LogP contribution in [-0.2, 0) is 12.3 Å². The van der Waals surface area contributed by atoms with E-state index in [1.807, 2.05) is 62.6 Å². The molecule has 12 heteroatoms. The normalized spacial score (nSPS) is 11.1. The number of aromatic nitrogens is 7. The maximum Gasteiger partial charge on any atom is 0.277 e. The lowest BCUT2D eigenvalue weighted by atomic mass is 10.1. The van der Waals surface area contributed by atoms with Gasteiger partial charge in [0, 0.05) is 19.5 Å². The number of rotatable bonds is 7. The Kier molecular flexibility index (Phi) is 6.10. The molecule has 0 aliphatic rings. The summed E-state index contributed by atoms with van der Waals surface area (Å²) in [5.74, 6) is 1.68. The van der Waals surface area contributed by atoms with Gasteiger partial charge in [-0.3, -0.25) is 4.79 Å². The summed E-state index contributed by atoms with van der Waals surface area (Å²) in [5, 5.41) is 14.4. The Bertz CT molecular complexity index is 1550. The van der Waals surface area contributed by atoms with Crippen LogP contribution < -0.4 is 16.2 Å². The third kappa shape index (κ3) is 4.82. The van der Waals surface area contributed by atoms with Crippen molar-refractivity contribution in [2.24, 2.45) is 0 Å². The van der Waals surface area contributed by atoms with Crippen molar-refractivity contribution >= 4 is 34.4 Å². The molecule has 11 nitrogen and oxygen atoms in total. The standard InChI is InChI=1S/C23H21N9O2S/c1-31(2)22-26-17(25-21(24)27-22)13-35-23-29-28-19(34-23)18-15-10-6-7-11-16(15)20(33)32(30-18)12-14-8-4-3-5-9-14/h3-11H,12-13H2,1-2H3,(H2,24,25,26,27). The van der Waals surface area contributed by atoms with Crippen LogP contribution in [0.25, 0.3) is 22.4 Å². The Morgan fingerprint density at radius 1 is 0.971 bits per heavy atom. The van der Waals surface area contributed by atoms with Crippen molar-refractivity contribution in [1.82, 2.24) is 34.9 Å². The van der Waals surface area contributed by atoms with E-state index in [4.69, 9.17) is 10.2 Å². The molecule has 2 N–H and O–H groups in total. The molecule has 0 amide bonds. The molecule has 0 bridgehead atoms. The third-order valence-electron chi connectivity index (χ3n) is 5.06. The molecule has 3 aromatic heterocycles. The highest BCUT2D eigenvalue weighted by atomic mass is 32.2. The summed E-state index contributed by atoms with van der Waals surface area (Å²) in [4.78, 5) is 27.5. The Morgan fingerprint density at radius 2 is 1.71 bits per heavy atom. The minimum absolute atomic E-state index is 0.141. The number of nitrogen functional groups attached to an aromatic ring is 1. The van der Waals surface area contributed by atoms with Gasteiger partial charge in [0.15, 0.2) is 5.69 Å². The molecule has 0 unspecified atom stereocenters. The number of thioether (sulfide) groups is 1.